The molecule has 0 amide bonds. The number of nitrogens with one attached hydrogen (secondary N) is 3. The summed E-state index contributed by atoms with van der Waals surface area (Å²) in [7, 11) is -4.59. The quantitative estimate of drug-likeness (QED) is 0.351. The van der Waals surface area contributed by atoms with Crippen molar-refractivity contribution in [2.45, 2.75) is 50.1 Å². The van der Waals surface area contributed by atoms with Crippen LogP contribution >= 0.6 is 0 Å². The Kier molecular flexibility index (Phi) is 4.56. The molecular formula is C15H21N5O7S. The zero-order valence-corrected chi connectivity index (χ0v) is 15.7. The minimum Gasteiger partial charge on any atom is -0.385 e. The summed E-state index contributed by atoms with van der Waals surface area (Å²) in [6, 6.07) is 0.275. The van der Waals surface area contributed by atoms with Gasteiger partial charge in [0.1, 0.15) is 6.10 Å². The molecule has 2 unspecified atom stereocenters. The van der Waals surface area contributed by atoms with Gasteiger partial charge in [-0.3, -0.25) is 19.3 Å². The molecule has 4 heterocycles. The molecule has 6 atom stereocenters. The highest BCUT2D eigenvalue weighted by atomic mass is 32.3. The Balaban J connectivity index is 1.59. The highest BCUT2D eigenvalue weighted by molar-refractivity contribution is 7.80. The summed E-state index contributed by atoms with van der Waals surface area (Å²) in [5.41, 5.74) is -1.27. The fourth-order valence-corrected chi connectivity index (χ4v) is 4.98. The Labute approximate surface area is 159 Å². The lowest BCUT2D eigenvalue weighted by atomic mass is 9.81. The molecule has 0 aliphatic carbocycles. The van der Waals surface area contributed by atoms with Crippen LogP contribution in [0.5, 0.6) is 0 Å². The Morgan fingerprint density at radius 3 is 2.75 bits per heavy atom. The van der Waals surface area contributed by atoms with Gasteiger partial charge in [-0.05, 0) is 12.8 Å². The number of aliphatic hydroxyl groups is 1. The van der Waals surface area contributed by atoms with Crippen LogP contribution in [-0.2, 0) is 14.6 Å². The number of aromatic nitrogens is 2. The first-order valence-corrected chi connectivity index (χ1v) is 10.3. The highest BCUT2D eigenvalue weighted by Crippen LogP contribution is 2.39. The molecule has 4 rings (SSSR count). The first-order chi connectivity index (χ1) is 13.1. The van der Waals surface area contributed by atoms with E-state index >= 15 is 0 Å². The van der Waals surface area contributed by atoms with Gasteiger partial charge in [0.25, 0.3) is 5.56 Å². The van der Waals surface area contributed by atoms with Gasteiger partial charge in [-0.25, -0.2) is 8.98 Å². The maximum absolute atomic E-state index is 11.5. The van der Waals surface area contributed by atoms with Crippen LogP contribution in [0.25, 0.3) is 0 Å². The predicted molar refractivity (Wildman–Crippen MR) is 96.1 cm³/mol. The maximum atomic E-state index is 11.5. The second kappa shape index (κ2) is 6.69. The van der Waals surface area contributed by atoms with E-state index in [0.29, 0.717) is 25.3 Å². The average Bonchev–Trinajstić information content (AvgIpc) is 3.01. The molecule has 28 heavy (non-hydrogen) atoms. The third-order valence-corrected chi connectivity index (χ3v) is 6.18. The zero-order valence-electron chi connectivity index (χ0n) is 14.9. The van der Waals surface area contributed by atoms with Crippen LogP contribution in [0.4, 0.5) is 0 Å². The molecule has 2 fully saturated rings. The van der Waals surface area contributed by atoms with Crippen molar-refractivity contribution in [3.05, 3.63) is 32.6 Å². The molecule has 1 aromatic heterocycles. The van der Waals surface area contributed by atoms with E-state index in [0.717, 1.165) is 6.07 Å². The van der Waals surface area contributed by atoms with Crippen molar-refractivity contribution in [2.24, 2.45) is 10.9 Å². The average molecular weight is 415 g/mol. The van der Waals surface area contributed by atoms with Gasteiger partial charge in [0, 0.05) is 18.0 Å². The molecule has 3 aliphatic heterocycles. The number of hydrogen-bond donors (Lipinski definition) is 5. The number of nitrogens with zero attached hydrogens (tertiary/aromatic N) is 2. The number of aliphatic imine (C=N–C) groups is 1. The lowest BCUT2D eigenvalue weighted by molar-refractivity contribution is -0.00935. The molecule has 0 saturated carbocycles. The van der Waals surface area contributed by atoms with Crippen LogP contribution in [0.1, 0.15) is 31.6 Å². The van der Waals surface area contributed by atoms with Crippen molar-refractivity contribution in [1.29, 1.82) is 0 Å². The molecule has 0 radical (unpaired) electrons. The highest BCUT2D eigenvalue weighted by Gasteiger charge is 2.50. The van der Waals surface area contributed by atoms with Gasteiger partial charge in [0.15, 0.2) is 5.96 Å². The van der Waals surface area contributed by atoms with Gasteiger partial charge in [-0.2, -0.15) is 8.42 Å². The van der Waals surface area contributed by atoms with E-state index in [9.17, 15) is 23.1 Å². The Bertz CT molecular complexity index is 990. The number of piperidine rings is 1. The van der Waals surface area contributed by atoms with Crippen LogP contribution in [0.2, 0.25) is 0 Å². The summed E-state index contributed by atoms with van der Waals surface area (Å²) < 4.78 is 36.4. The third kappa shape index (κ3) is 3.45. The molecule has 1 aromatic rings. The largest absolute Gasteiger partial charge is 0.397 e. The summed E-state index contributed by atoms with van der Waals surface area (Å²) in [5.74, 6) is 0.390. The van der Waals surface area contributed by atoms with E-state index in [2.05, 4.69) is 20.2 Å². The van der Waals surface area contributed by atoms with Gasteiger partial charge in [-0.1, -0.05) is 6.92 Å². The molecule has 154 valence electrons. The van der Waals surface area contributed by atoms with Crippen molar-refractivity contribution in [2.75, 3.05) is 6.54 Å². The molecule has 0 bridgehead atoms. The van der Waals surface area contributed by atoms with Gasteiger partial charge in [-0.15, -0.1) is 0 Å². The lowest BCUT2D eigenvalue weighted by Gasteiger charge is -2.50. The Morgan fingerprint density at radius 1 is 1.32 bits per heavy atom. The summed E-state index contributed by atoms with van der Waals surface area (Å²) in [4.78, 5) is 34.0. The van der Waals surface area contributed by atoms with Crippen molar-refractivity contribution >= 4 is 16.4 Å². The van der Waals surface area contributed by atoms with Crippen molar-refractivity contribution < 1.29 is 22.3 Å². The van der Waals surface area contributed by atoms with Gasteiger partial charge < -0.3 is 20.3 Å². The number of aromatic amines is 2. The number of rotatable bonds is 4. The first kappa shape index (κ1) is 19.1. The van der Waals surface area contributed by atoms with Crippen LogP contribution in [0.15, 0.2) is 20.6 Å². The van der Waals surface area contributed by atoms with E-state index in [1.54, 1.807) is 0 Å². The van der Waals surface area contributed by atoms with Crippen molar-refractivity contribution in [1.82, 2.24) is 20.2 Å². The fraction of sp³-hybridized carbons (Fsp3) is 0.667. The first-order valence-electron chi connectivity index (χ1n) is 8.89. The fourth-order valence-electron chi connectivity index (χ4n) is 4.42. The second-order valence-electron chi connectivity index (χ2n) is 7.42. The number of aliphatic hydroxyl groups excluding tert-OH is 1. The summed E-state index contributed by atoms with van der Waals surface area (Å²) in [6.45, 7) is 2.27. The molecule has 0 spiro atoms. The normalized spacial score (nSPS) is 33.0. The molecule has 5 N–H and O–H groups in total. The number of hydrogen-bond acceptors (Lipinski definition) is 9. The van der Waals surface area contributed by atoms with Crippen LogP contribution < -0.4 is 16.6 Å². The molecule has 2 saturated heterocycles. The SMILES string of the molecule is C[C@@H]1C2CN=C3NC([C@@H](O)c4cc(=O)[nH]c(=O)[nH]4)C[C@@H](C[C@@H]1OS(=O)(=O)O)N32. The summed E-state index contributed by atoms with van der Waals surface area (Å²) in [5, 5.41) is 13.8. The minimum absolute atomic E-state index is 0.0739. The van der Waals surface area contributed by atoms with E-state index in [1.807, 2.05) is 11.9 Å². The Morgan fingerprint density at radius 2 is 2.07 bits per heavy atom. The van der Waals surface area contributed by atoms with Crippen molar-refractivity contribution in [3.63, 3.8) is 0 Å². The topological polar surface area (TPSA) is 177 Å². The molecule has 12 nitrogen and oxygen atoms in total. The van der Waals surface area contributed by atoms with E-state index < -0.39 is 39.9 Å². The van der Waals surface area contributed by atoms with Crippen LogP contribution in [-0.4, -0.2) is 69.7 Å². The number of guanidine groups is 1. The number of H-pyrrole nitrogens is 2. The minimum atomic E-state index is -4.59. The summed E-state index contributed by atoms with van der Waals surface area (Å²) in [6.07, 6.45) is -1.19. The smallest absolute Gasteiger partial charge is 0.385 e. The standard InChI is InChI=1S/C15H21N5O7S/c1-6-10-5-16-14-17-8(13(22)9-4-12(21)19-15(23)18-9)2-7(20(10)14)3-11(6)27-28(24,25)26/h4,6-8,10-11,13,22H,2-3,5H2,1H3,(H,16,17)(H,24,25,26)(H2,18,19,21,23)/t6-,7+,8?,10?,11+,13-/m1/s1. The van der Waals surface area contributed by atoms with E-state index in [4.69, 9.17) is 8.74 Å². The van der Waals surface area contributed by atoms with E-state index in [-0.39, 0.29) is 23.7 Å². The van der Waals surface area contributed by atoms with E-state index in [1.165, 1.54) is 0 Å². The van der Waals surface area contributed by atoms with Gasteiger partial charge >= 0.3 is 16.1 Å². The lowest BCUT2D eigenvalue weighted by Crippen LogP contribution is -2.65. The molecule has 13 heteroatoms. The van der Waals surface area contributed by atoms with Gasteiger partial charge in [0.05, 0.1) is 30.4 Å². The predicted octanol–water partition coefficient (Wildman–Crippen LogP) is -1.90. The van der Waals surface area contributed by atoms with Crippen LogP contribution in [0.3, 0.4) is 0 Å². The zero-order chi connectivity index (χ0) is 20.2. The second-order valence-corrected chi connectivity index (χ2v) is 8.47. The van der Waals surface area contributed by atoms with Gasteiger partial charge in [0.2, 0.25) is 0 Å². The molecule has 0 aromatic carbocycles. The third-order valence-electron chi connectivity index (χ3n) is 5.69. The van der Waals surface area contributed by atoms with Crippen molar-refractivity contribution in [3.8, 4) is 0 Å². The summed E-state index contributed by atoms with van der Waals surface area (Å²) >= 11 is 0. The Hall–Kier alpha value is -2.22. The van der Waals surface area contributed by atoms with Crippen LogP contribution in [0, 0.1) is 5.92 Å². The molecular weight excluding hydrogens is 394 g/mol. The molecule has 3 aliphatic rings. The monoisotopic (exact) mass is 415 g/mol. The maximum Gasteiger partial charge on any atom is 0.397 e.